The largest absolute Gasteiger partial charge is 0.0496 e. The second-order valence-electron chi connectivity index (χ2n) is 4.00. The molecule has 2 atom stereocenters. The van der Waals surface area contributed by atoms with Crippen LogP contribution in [0.3, 0.4) is 0 Å². The summed E-state index contributed by atoms with van der Waals surface area (Å²) in [5.41, 5.74) is 0.977. The first-order valence-electron chi connectivity index (χ1n) is 3.91. The number of fused-ring (bicyclic) bond motifs is 2. The van der Waals surface area contributed by atoms with Crippen LogP contribution in [0.5, 0.6) is 0 Å². The van der Waals surface area contributed by atoms with Crippen LogP contribution in [0.2, 0.25) is 0 Å². The third-order valence-electron chi connectivity index (χ3n) is 3.61. The minimum absolute atomic E-state index is 0.977. The van der Waals surface area contributed by atoms with Crippen LogP contribution in [0.1, 0.15) is 32.1 Å². The first kappa shape index (κ1) is 3.92. The standard InChI is InChI=1S/C8H12/c1-2-8(3-4-8)7-5-6(1)7/h6-7H,1-5H2. The summed E-state index contributed by atoms with van der Waals surface area (Å²) in [6.45, 7) is 0. The molecule has 1 spiro atoms. The second-order valence-corrected chi connectivity index (χ2v) is 4.00. The van der Waals surface area contributed by atoms with Gasteiger partial charge in [-0.25, -0.2) is 0 Å². The molecule has 0 N–H and O–H groups in total. The van der Waals surface area contributed by atoms with Crippen molar-refractivity contribution in [3.05, 3.63) is 0 Å². The van der Waals surface area contributed by atoms with Crippen LogP contribution < -0.4 is 0 Å². The average molecular weight is 108 g/mol. The predicted molar refractivity (Wildman–Crippen MR) is 32.5 cm³/mol. The third kappa shape index (κ3) is 0.284. The molecule has 0 saturated heterocycles. The SMILES string of the molecule is C1CC2(CC2)C2CC12. The number of rotatable bonds is 0. The van der Waals surface area contributed by atoms with Gasteiger partial charge in [0, 0.05) is 0 Å². The normalized spacial score (nSPS) is 54.0. The van der Waals surface area contributed by atoms with Gasteiger partial charge in [0.15, 0.2) is 0 Å². The zero-order valence-electron chi connectivity index (χ0n) is 5.19. The Morgan fingerprint density at radius 2 is 2.00 bits per heavy atom. The van der Waals surface area contributed by atoms with E-state index in [1.54, 1.807) is 32.1 Å². The molecule has 3 aliphatic carbocycles. The van der Waals surface area contributed by atoms with Gasteiger partial charge in [0.25, 0.3) is 0 Å². The minimum atomic E-state index is 0.977. The summed E-state index contributed by atoms with van der Waals surface area (Å²) < 4.78 is 0. The van der Waals surface area contributed by atoms with Crippen LogP contribution in [0, 0.1) is 17.3 Å². The van der Waals surface area contributed by atoms with Crippen molar-refractivity contribution in [3.63, 3.8) is 0 Å². The molecule has 3 saturated carbocycles. The molecule has 3 fully saturated rings. The molecular formula is C8H12. The van der Waals surface area contributed by atoms with Crippen LogP contribution in [0.15, 0.2) is 0 Å². The molecule has 8 heavy (non-hydrogen) atoms. The highest BCUT2D eigenvalue weighted by molar-refractivity contribution is 5.13. The maximum absolute atomic E-state index is 1.61. The average Bonchev–Trinajstić information content (AvgIpc) is 2.46. The van der Waals surface area contributed by atoms with Crippen molar-refractivity contribution in [1.29, 1.82) is 0 Å². The van der Waals surface area contributed by atoms with Crippen molar-refractivity contribution in [1.82, 2.24) is 0 Å². The zero-order chi connectivity index (χ0) is 5.19. The smallest absolute Gasteiger partial charge is 0.0266 e. The lowest BCUT2D eigenvalue weighted by atomic mass is 10.0. The van der Waals surface area contributed by atoms with Crippen molar-refractivity contribution in [2.24, 2.45) is 17.3 Å². The molecule has 3 aliphatic rings. The minimum Gasteiger partial charge on any atom is -0.0496 e. The quantitative estimate of drug-likeness (QED) is 0.446. The topological polar surface area (TPSA) is 0 Å². The van der Waals surface area contributed by atoms with Gasteiger partial charge >= 0.3 is 0 Å². The summed E-state index contributed by atoms with van der Waals surface area (Å²) in [7, 11) is 0. The van der Waals surface area contributed by atoms with E-state index in [1.807, 2.05) is 0 Å². The second kappa shape index (κ2) is 0.872. The summed E-state index contributed by atoms with van der Waals surface area (Å²) in [5, 5.41) is 0. The highest BCUT2D eigenvalue weighted by Crippen LogP contribution is 2.73. The van der Waals surface area contributed by atoms with E-state index in [0.717, 1.165) is 5.41 Å². The first-order chi connectivity index (χ1) is 3.91. The van der Waals surface area contributed by atoms with E-state index in [9.17, 15) is 0 Å². The van der Waals surface area contributed by atoms with E-state index >= 15 is 0 Å². The summed E-state index contributed by atoms with van der Waals surface area (Å²) >= 11 is 0. The van der Waals surface area contributed by atoms with Crippen molar-refractivity contribution >= 4 is 0 Å². The molecule has 0 bridgehead atoms. The van der Waals surface area contributed by atoms with Gasteiger partial charge in [0.05, 0.1) is 0 Å². The Kier molecular flexibility index (Phi) is 0.427. The van der Waals surface area contributed by atoms with Gasteiger partial charge in [-0.2, -0.15) is 0 Å². The lowest BCUT2D eigenvalue weighted by molar-refractivity contribution is 0.460. The van der Waals surface area contributed by atoms with Crippen molar-refractivity contribution in [2.45, 2.75) is 32.1 Å². The Morgan fingerprint density at radius 3 is 2.25 bits per heavy atom. The fourth-order valence-electron chi connectivity index (χ4n) is 2.76. The van der Waals surface area contributed by atoms with Gasteiger partial charge in [-0.1, -0.05) is 0 Å². The summed E-state index contributed by atoms with van der Waals surface area (Å²) in [4.78, 5) is 0. The molecule has 0 nitrogen and oxygen atoms in total. The molecular weight excluding hydrogens is 96.1 g/mol. The third-order valence-corrected chi connectivity index (χ3v) is 3.61. The highest BCUT2D eigenvalue weighted by atomic mass is 14.7. The van der Waals surface area contributed by atoms with E-state index in [1.165, 1.54) is 11.8 Å². The molecule has 0 aromatic heterocycles. The molecule has 0 heteroatoms. The summed E-state index contributed by atoms with van der Waals surface area (Å²) in [5.74, 6) is 2.46. The van der Waals surface area contributed by atoms with Crippen LogP contribution >= 0.6 is 0 Å². The Balaban J connectivity index is 1.99. The molecule has 0 amide bonds. The molecule has 2 unspecified atom stereocenters. The lowest BCUT2D eigenvalue weighted by Gasteiger charge is -2.03. The van der Waals surface area contributed by atoms with Crippen LogP contribution in [-0.2, 0) is 0 Å². The van der Waals surface area contributed by atoms with Gasteiger partial charge < -0.3 is 0 Å². The Labute approximate surface area is 50.3 Å². The molecule has 0 aliphatic heterocycles. The Bertz CT molecular complexity index is 133. The van der Waals surface area contributed by atoms with Gasteiger partial charge in [-0.15, -0.1) is 0 Å². The van der Waals surface area contributed by atoms with Gasteiger partial charge in [0.2, 0.25) is 0 Å². The molecule has 0 aromatic carbocycles. The van der Waals surface area contributed by atoms with Crippen LogP contribution in [0.4, 0.5) is 0 Å². The molecule has 0 aromatic rings. The van der Waals surface area contributed by atoms with E-state index in [-0.39, 0.29) is 0 Å². The van der Waals surface area contributed by atoms with E-state index in [4.69, 9.17) is 0 Å². The fraction of sp³-hybridized carbons (Fsp3) is 1.00. The Hall–Kier alpha value is 0. The lowest BCUT2D eigenvalue weighted by Crippen LogP contribution is -1.95. The molecule has 44 valence electrons. The van der Waals surface area contributed by atoms with Gasteiger partial charge in [0.1, 0.15) is 0 Å². The van der Waals surface area contributed by atoms with Crippen molar-refractivity contribution in [3.8, 4) is 0 Å². The van der Waals surface area contributed by atoms with Crippen LogP contribution in [0.25, 0.3) is 0 Å². The number of hydrogen-bond donors (Lipinski definition) is 0. The highest BCUT2D eigenvalue weighted by Gasteiger charge is 2.63. The maximum atomic E-state index is 1.61. The first-order valence-corrected chi connectivity index (χ1v) is 3.91. The van der Waals surface area contributed by atoms with Gasteiger partial charge in [-0.05, 0) is 49.4 Å². The molecule has 3 rings (SSSR count). The van der Waals surface area contributed by atoms with E-state index < -0.39 is 0 Å². The molecule has 0 heterocycles. The van der Waals surface area contributed by atoms with Crippen molar-refractivity contribution in [2.75, 3.05) is 0 Å². The summed E-state index contributed by atoms with van der Waals surface area (Å²) in [6.07, 6.45) is 7.98. The predicted octanol–water partition coefficient (Wildman–Crippen LogP) is 2.20. The summed E-state index contributed by atoms with van der Waals surface area (Å²) in [6, 6.07) is 0. The number of hydrogen-bond acceptors (Lipinski definition) is 0. The monoisotopic (exact) mass is 108 g/mol. The maximum Gasteiger partial charge on any atom is -0.0266 e. The van der Waals surface area contributed by atoms with Gasteiger partial charge in [-0.3, -0.25) is 0 Å². The van der Waals surface area contributed by atoms with E-state index in [2.05, 4.69) is 0 Å². The zero-order valence-corrected chi connectivity index (χ0v) is 5.19. The van der Waals surface area contributed by atoms with E-state index in [0.29, 0.717) is 0 Å². The molecule has 0 radical (unpaired) electrons. The Morgan fingerprint density at radius 1 is 1.12 bits per heavy atom. The van der Waals surface area contributed by atoms with Crippen LogP contribution in [-0.4, -0.2) is 0 Å². The van der Waals surface area contributed by atoms with Crippen molar-refractivity contribution < 1.29 is 0 Å². The fourth-order valence-corrected chi connectivity index (χ4v) is 2.76.